The van der Waals surface area contributed by atoms with Crippen molar-refractivity contribution in [2.75, 3.05) is 12.8 Å². The van der Waals surface area contributed by atoms with Crippen LogP contribution in [0.25, 0.3) is 0 Å². The molecule has 3 nitrogen and oxygen atoms in total. The van der Waals surface area contributed by atoms with Crippen LogP contribution in [-0.2, 0) is 4.74 Å². The van der Waals surface area contributed by atoms with Crippen molar-refractivity contribution in [2.45, 2.75) is 6.92 Å². The molecular weight excluding hydrogens is 190 g/mol. The topological polar surface area (TPSA) is 52.3 Å². The molecule has 0 aromatic heterocycles. The van der Waals surface area contributed by atoms with Gasteiger partial charge in [-0.1, -0.05) is 11.6 Å². The van der Waals surface area contributed by atoms with Gasteiger partial charge in [-0.3, -0.25) is 0 Å². The van der Waals surface area contributed by atoms with Crippen LogP contribution in [0.3, 0.4) is 0 Å². The second-order valence-electron chi connectivity index (χ2n) is 2.70. The van der Waals surface area contributed by atoms with Gasteiger partial charge in [0, 0.05) is 5.69 Å². The van der Waals surface area contributed by atoms with Crippen LogP contribution in [0.2, 0.25) is 5.02 Å². The molecule has 0 amide bonds. The first-order valence-electron chi connectivity index (χ1n) is 3.70. The number of halogens is 1. The van der Waals surface area contributed by atoms with Gasteiger partial charge in [-0.25, -0.2) is 4.79 Å². The summed E-state index contributed by atoms with van der Waals surface area (Å²) in [6, 6.07) is 3.35. The first kappa shape index (κ1) is 9.86. The number of anilines is 1. The Kier molecular flexibility index (Phi) is 2.78. The summed E-state index contributed by atoms with van der Waals surface area (Å²) in [7, 11) is 1.29. The van der Waals surface area contributed by atoms with Crippen molar-refractivity contribution in [3.63, 3.8) is 0 Å². The molecule has 13 heavy (non-hydrogen) atoms. The van der Waals surface area contributed by atoms with Crippen LogP contribution < -0.4 is 5.73 Å². The van der Waals surface area contributed by atoms with Gasteiger partial charge in [0.15, 0.2) is 0 Å². The van der Waals surface area contributed by atoms with E-state index < -0.39 is 5.97 Å². The molecular formula is C9H10ClNO2. The van der Waals surface area contributed by atoms with E-state index >= 15 is 0 Å². The fourth-order valence-electron chi connectivity index (χ4n) is 1.09. The van der Waals surface area contributed by atoms with Gasteiger partial charge < -0.3 is 10.5 Å². The van der Waals surface area contributed by atoms with E-state index in [-0.39, 0.29) is 5.56 Å². The van der Waals surface area contributed by atoms with Crippen molar-refractivity contribution < 1.29 is 9.53 Å². The van der Waals surface area contributed by atoms with Gasteiger partial charge in [0.2, 0.25) is 0 Å². The van der Waals surface area contributed by atoms with Crippen LogP contribution >= 0.6 is 11.6 Å². The number of methoxy groups -OCH3 is 1. The van der Waals surface area contributed by atoms with Crippen molar-refractivity contribution in [2.24, 2.45) is 0 Å². The lowest BCUT2D eigenvalue weighted by atomic mass is 10.1. The fourth-order valence-corrected chi connectivity index (χ4v) is 1.44. The normalized spacial score (nSPS) is 9.77. The summed E-state index contributed by atoms with van der Waals surface area (Å²) in [6.07, 6.45) is 0. The first-order valence-corrected chi connectivity index (χ1v) is 4.08. The van der Waals surface area contributed by atoms with E-state index in [1.54, 1.807) is 12.1 Å². The summed E-state index contributed by atoms with van der Waals surface area (Å²) in [6.45, 7) is 1.85. The average molecular weight is 200 g/mol. The summed E-state index contributed by atoms with van der Waals surface area (Å²) >= 11 is 5.83. The molecule has 0 spiro atoms. The predicted molar refractivity (Wildman–Crippen MR) is 51.9 cm³/mol. The minimum atomic E-state index is -0.512. The Hall–Kier alpha value is -1.22. The molecule has 0 aliphatic heterocycles. The Bertz CT molecular complexity index is 326. The van der Waals surface area contributed by atoms with E-state index in [0.29, 0.717) is 10.7 Å². The molecule has 70 valence electrons. The highest BCUT2D eigenvalue weighted by Gasteiger charge is 2.14. The number of carbonyl (C=O) groups excluding carboxylic acids is 1. The smallest absolute Gasteiger partial charge is 0.341 e. The molecule has 2 N–H and O–H groups in total. The van der Waals surface area contributed by atoms with E-state index in [1.165, 1.54) is 7.11 Å². The van der Waals surface area contributed by atoms with E-state index in [2.05, 4.69) is 4.74 Å². The number of aryl methyl sites for hydroxylation is 1. The van der Waals surface area contributed by atoms with E-state index in [9.17, 15) is 4.79 Å². The molecule has 0 atom stereocenters. The predicted octanol–water partition coefficient (Wildman–Crippen LogP) is 2.02. The van der Waals surface area contributed by atoms with Gasteiger partial charge in [-0.2, -0.15) is 0 Å². The average Bonchev–Trinajstić information content (AvgIpc) is 2.02. The van der Waals surface area contributed by atoms with Crippen LogP contribution in [0.4, 0.5) is 5.69 Å². The SMILES string of the molecule is COC(=O)c1c(N)cc(C)cc1Cl. The molecule has 0 aliphatic rings. The lowest BCUT2D eigenvalue weighted by molar-refractivity contribution is 0.0602. The van der Waals surface area contributed by atoms with E-state index in [1.807, 2.05) is 6.92 Å². The van der Waals surface area contributed by atoms with Gasteiger partial charge in [0.25, 0.3) is 0 Å². The number of nitrogen functional groups attached to an aromatic ring is 1. The Morgan fingerprint density at radius 2 is 2.15 bits per heavy atom. The molecule has 0 fully saturated rings. The third-order valence-corrected chi connectivity index (χ3v) is 1.95. The van der Waals surface area contributed by atoms with Crippen LogP contribution in [0, 0.1) is 6.92 Å². The Labute approximate surface area is 81.4 Å². The van der Waals surface area contributed by atoms with Crippen LogP contribution in [-0.4, -0.2) is 13.1 Å². The van der Waals surface area contributed by atoms with Gasteiger partial charge in [-0.15, -0.1) is 0 Å². The number of nitrogens with two attached hydrogens (primary N) is 1. The van der Waals surface area contributed by atoms with Crippen molar-refractivity contribution in [3.05, 3.63) is 28.3 Å². The third-order valence-electron chi connectivity index (χ3n) is 1.65. The first-order chi connectivity index (χ1) is 6.06. The van der Waals surface area contributed by atoms with Gasteiger partial charge in [0.05, 0.1) is 12.1 Å². The molecule has 0 saturated heterocycles. The van der Waals surface area contributed by atoms with Crippen molar-refractivity contribution in [1.82, 2.24) is 0 Å². The minimum Gasteiger partial charge on any atom is -0.465 e. The quantitative estimate of drug-likeness (QED) is 0.556. The molecule has 0 aliphatic carbocycles. The van der Waals surface area contributed by atoms with Gasteiger partial charge in [-0.05, 0) is 24.6 Å². The van der Waals surface area contributed by atoms with Gasteiger partial charge in [0.1, 0.15) is 5.56 Å². The highest BCUT2D eigenvalue weighted by molar-refractivity contribution is 6.34. The van der Waals surface area contributed by atoms with Crippen LogP contribution in [0.1, 0.15) is 15.9 Å². The molecule has 0 saturated carbocycles. The molecule has 0 unspecified atom stereocenters. The Morgan fingerprint density at radius 3 is 2.62 bits per heavy atom. The summed E-state index contributed by atoms with van der Waals surface area (Å²) < 4.78 is 4.53. The molecule has 1 aromatic rings. The standard InChI is InChI=1S/C9H10ClNO2/c1-5-3-6(10)8(7(11)4-5)9(12)13-2/h3-4H,11H2,1-2H3. The summed E-state index contributed by atoms with van der Waals surface area (Å²) in [5, 5.41) is 0.323. The number of esters is 1. The summed E-state index contributed by atoms with van der Waals surface area (Å²) in [4.78, 5) is 11.2. The monoisotopic (exact) mass is 199 g/mol. The molecule has 0 bridgehead atoms. The van der Waals surface area contributed by atoms with Crippen molar-refractivity contribution in [3.8, 4) is 0 Å². The maximum Gasteiger partial charge on any atom is 0.341 e. The largest absolute Gasteiger partial charge is 0.465 e. The van der Waals surface area contributed by atoms with E-state index in [4.69, 9.17) is 17.3 Å². The highest BCUT2D eigenvalue weighted by atomic mass is 35.5. The maximum atomic E-state index is 11.2. The summed E-state index contributed by atoms with van der Waals surface area (Å²) in [5.41, 5.74) is 7.10. The lowest BCUT2D eigenvalue weighted by Gasteiger charge is -2.06. The molecule has 1 aromatic carbocycles. The van der Waals surface area contributed by atoms with Crippen LogP contribution in [0.5, 0.6) is 0 Å². The lowest BCUT2D eigenvalue weighted by Crippen LogP contribution is -2.06. The Balaban J connectivity index is 3.28. The van der Waals surface area contributed by atoms with Gasteiger partial charge >= 0.3 is 5.97 Å². The molecule has 0 heterocycles. The van der Waals surface area contributed by atoms with Crippen LogP contribution in [0.15, 0.2) is 12.1 Å². The second kappa shape index (κ2) is 3.66. The third kappa shape index (κ3) is 1.92. The molecule has 4 heteroatoms. The Morgan fingerprint density at radius 1 is 1.54 bits per heavy atom. The second-order valence-corrected chi connectivity index (χ2v) is 3.11. The number of carbonyl (C=O) groups is 1. The number of ether oxygens (including phenoxy) is 1. The summed E-state index contributed by atoms with van der Waals surface area (Å²) in [5.74, 6) is -0.512. The number of rotatable bonds is 1. The zero-order chi connectivity index (χ0) is 10.0. The van der Waals surface area contributed by atoms with Crippen molar-refractivity contribution >= 4 is 23.3 Å². The zero-order valence-corrected chi connectivity index (χ0v) is 8.18. The highest BCUT2D eigenvalue weighted by Crippen LogP contribution is 2.24. The zero-order valence-electron chi connectivity index (χ0n) is 7.43. The van der Waals surface area contributed by atoms with E-state index in [0.717, 1.165) is 5.56 Å². The maximum absolute atomic E-state index is 11.2. The van der Waals surface area contributed by atoms with Crippen molar-refractivity contribution in [1.29, 1.82) is 0 Å². The number of hydrogen-bond acceptors (Lipinski definition) is 3. The fraction of sp³-hybridized carbons (Fsp3) is 0.222. The minimum absolute atomic E-state index is 0.231. The molecule has 1 rings (SSSR count). The molecule has 0 radical (unpaired) electrons. The number of hydrogen-bond donors (Lipinski definition) is 1. The number of benzene rings is 1.